The Morgan fingerprint density at radius 2 is 2.18 bits per heavy atom. The van der Waals surface area contributed by atoms with Gasteiger partial charge in [-0.2, -0.15) is 0 Å². The molecule has 96 valence electrons. The highest BCUT2D eigenvalue weighted by Gasteiger charge is 2.36. The van der Waals surface area contributed by atoms with Crippen molar-refractivity contribution in [3.05, 3.63) is 0 Å². The zero-order valence-electron chi connectivity index (χ0n) is 9.67. The first-order valence-corrected chi connectivity index (χ1v) is 6.15. The highest BCUT2D eigenvalue weighted by molar-refractivity contribution is 7.99. The summed E-state index contributed by atoms with van der Waals surface area (Å²) in [5.41, 5.74) is 0. The molecule has 1 heterocycles. The molecule has 1 atom stereocenters. The molecule has 0 aliphatic carbocycles. The molecular weight excluding hydrogens is 246 g/mol. The van der Waals surface area contributed by atoms with E-state index >= 15 is 0 Å². The predicted octanol–water partition coefficient (Wildman–Crippen LogP) is -0.756. The maximum absolute atomic E-state index is 11.9. The summed E-state index contributed by atoms with van der Waals surface area (Å²) in [6.45, 7) is -0.0805. The van der Waals surface area contributed by atoms with Gasteiger partial charge in [0.25, 0.3) is 0 Å². The van der Waals surface area contributed by atoms with Gasteiger partial charge in [-0.05, 0) is 0 Å². The predicted molar refractivity (Wildman–Crippen MR) is 62.7 cm³/mol. The second-order valence-corrected chi connectivity index (χ2v) is 4.64. The Morgan fingerprint density at radius 3 is 2.71 bits per heavy atom. The number of carboxylic acid groups (broad SMARTS) is 1. The molecule has 0 aromatic rings. The van der Waals surface area contributed by atoms with Crippen molar-refractivity contribution in [2.24, 2.45) is 0 Å². The average molecular weight is 261 g/mol. The number of carbonyl (C=O) groups excluding carboxylic acids is 2. The maximum Gasteiger partial charge on any atom is 0.327 e. The molecule has 17 heavy (non-hydrogen) atoms. The Kier molecular flexibility index (Phi) is 4.62. The third-order valence-corrected chi connectivity index (χ3v) is 3.41. The first kappa shape index (κ1) is 13.6. The van der Waals surface area contributed by atoms with Crippen molar-refractivity contribution < 1.29 is 19.5 Å². The Hall–Kier alpha value is -1.44. The third-order valence-electron chi connectivity index (χ3n) is 2.40. The number of hydrogen-bond acceptors (Lipinski definition) is 4. The van der Waals surface area contributed by atoms with E-state index in [0.717, 1.165) is 0 Å². The van der Waals surface area contributed by atoms with Crippen LogP contribution < -0.4 is 5.32 Å². The van der Waals surface area contributed by atoms with Gasteiger partial charge in [0.1, 0.15) is 12.6 Å². The van der Waals surface area contributed by atoms with Crippen LogP contribution in [0.2, 0.25) is 0 Å². The molecular formula is C9H15N3O4S. The molecule has 1 fully saturated rings. The number of nitrogens with zero attached hydrogens (tertiary/aromatic N) is 2. The van der Waals surface area contributed by atoms with Crippen molar-refractivity contribution >= 4 is 29.7 Å². The third kappa shape index (κ3) is 3.26. The molecule has 1 rings (SSSR count). The van der Waals surface area contributed by atoms with Gasteiger partial charge in [-0.15, -0.1) is 11.8 Å². The van der Waals surface area contributed by atoms with E-state index in [1.807, 2.05) is 0 Å². The van der Waals surface area contributed by atoms with Gasteiger partial charge in [0.15, 0.2) is 0 Å². The van der Waals surface area contributed by atoms with E-state index in [2.05, 4.69) is 5.32 Å². The number of aliphatic carboxylic acids is 1. The van der Waals surface area contributed by atoms with Gasteiger partial charge in [-0.3, -0.25) is 4.79 Å². The summed E-state index contributed by atoms with van der Waals surface area (Å²) in [6.07, 6.45) is 0. The van der Waals surface area contributed by atoms with Gasteiger partial charge >= 0.3 is 12.0 Å². The van der Waals surface area contributed by atoms with Crippen LogP contribution in [0.4, 0.5) is 4.79 Å². The lowest BCUT2D eigenvalue weighted by Gasteiger charge is -2.26. The van der Waals surface area contributed by atoms with Crippen LogP contribution in [0.15, 0.2) is 0 Å². The molecule has 1 saturated heterocycles. The normalized spacial score (nSPS) is 18.9. The molecule has 0 aromatic heterocycles. The molecule has 2 N–H and O–H groups in total. The molecule has 7 nitrogen and oxygen atoms in total. The first-order chi connectivity index (χ1) is 7.97. The SMILES string of the molecule is CNC(=O)CN(C)C(=O)N1CSCC1C(=O)O. The standard InChI is InChI=1S/C9H15N3O4S/c1-10-7(13)3-11(2)9(16)12-5-17-4-6(12)8(14)15/h6H,3-5H2,1-2H3,(H,10,13)(H,14,15). The maximum atomic E-state index is 11.9. The molecule has 1 aliphatic heterocycles. The number of rotatable bonds is 3. The van der Waals surface area contributed by atoms with Crippen molar-refractivity contribution in [1.82, 2.24) is 15.1 Å². The van der Waals surface area contributed by atoms with Gasteiger partial charge in [0.2, 0.25) is 5.91 Å². The zero-order valence-corrected chi connectivity index (χ0v) is 10.5. The lowest BCUT2D eigenvalue weighted by atomic mass is 10.3. The van der Waals surface area contributed by atoms with E-state index in [0.29, 0.717) is 11.6 Å². The van der Waals surface area contributed by atoms with Gasteiger partial charge in [-0.1, -0.05) is 0 Å². The summed E-state index contributed by atoms with van der Waals surface area (Å²) >= 11 is 1.39. The smallest absolute Gasteiger partial charge is 0.327 e. The highest BCUT2D eigenvalue weighted by Crippen LogP contribution is 2.22. The Morgan fingerprint density at radius 1 is 1.53 bits per heavy atom. The van der Waals surface area contributed by atoms with Crippen LogP contribution in [-0.4, -0.2) is 71.1 Å². The summed E-state index contributed by atoms with van der Waals surface area (Å²) in [7, 11) is 2.95. The lowest BCUT2D eigenvalue weighted by molar-refractivity contribution is -0.140. The van der Waals surface area contributed by atoms with Gasteiger partial charge in [0.05, 0.1) is 5.88 Å². The summed E-state index contributed by atoms with van der Waals surface area (Å²) in [4.78, 5) is 36.4. The number of amides is 3. The molecule has 0 spiro atoms. The molecule has 0 saturated carbocycles. The molecule has 0 bridgehead atoms. The number of carbonyl (C=O) groups is 3. The van der Waals surface area contributed by atoms with Gasteiger partial charge in [0, 0.05) is 19.8 Å². The topological polar surface area (TPSA) is 90.0 Å². The van der Waals surface area contributed by atoms with Crippen LogP contribution in [0.5, 0.6) is 0 Å². The molecule has 1 aliphatic rings. The van der Waals surface area contributed by atoms with E-state index in [-0.39, 0.29) is 12.5 Å². The van der Waals surface area contributed by atoms with Crippen LogP contribution >= 0.6 is 11.8 Å². The lowest BCUT2D eigenvalue weighted by Crippen LogP contribution is -2.49. The second kappa shape index (κ2) is 5.76. The van der Waals surface area contributed by atoms with Crippen molar-refractivity contribution in [3.8, 4) is 0 Å². The number of urea groups is 1. The number of carboxylic acids is 1. The molecule has 0 radical (unpaired) electrons. The fourth-order valence-electron chi connectivity index (χ4n) is 1.42. The van der Waals surface area contributed by atoms with E-state index in [9.17, 15) is 14.4 Å². The Balaban J connectivity index is 2.62. The van der Waals surface area contributed by atoms with Crippen molar-refractivity contribution in [2.75, 3.05) is 32.3 Å². The van der Waals surface area contributed by atoms with Crippen molar-refractivity contribution in [1.29, 1.82) is 0 Å². The Labute approximate surface area is 103 Å². The summed E-state index contributed by atoms with van der Waals surface area (Å²) in [5, 5.41) is 11.3. The first-order valence-electron chi connectivity index (χ1n) is 5.00. The number of hydrogen-bond donors (Lipinski definition) is 2. The molecule has 1 unspecified atom stereocenters. The molecule has 3 amide bonds. The highest BCUT2D eigenvalue weighted by atomic mass is 32.2. The molecule has 0 aromatic carbocycles. The number of nitrogens with one attached hydrogen (secondary N) is 1. The van der Waals surface area contributed by atoms with E-state index in [4.69, 9.17) is 5.11 Å². The van der Waals surface area contributed by atoms with Crippen LogP contribution in [0.25, 0.3) is 0 Å². The Bertz CT molecular complexity index is 336. The van der Waals surface area contributed by atoms with E-state index in [1.165, 1.54) is 35.7 Å². The second-order valence-electron chi connectivity index (χ2n) is 3.64. The van der Waals surface area contributed by atoms with Crippen LogP contribution in [0.3, 0.4) is 0 Å². The summed E-state index contributed by atoms with van der Waals surface area (Å²) in [6, 6.07) is -1.24. The molecule has 8 heteroatoms. The van der Waals surface area contributed by atoms with Crippen LogP contribution in [-0.2, 0) is 9.59 Å². The van der Waals surface area contributed by atoms with Gasteiger partial charge in [-0.25, -0.2) is 9.59 Å². The van der Waals surface area contributed by atoms with Crippen LogP contribution in [0, 0.1) is 0 Å². The fraction of sp³-hybridized carbons (Fsp3) is 0.667. The van der Waals surface area contributed by atoms with Gasteiger partial charge < -0.3 is 20.2 Å². The number of likely N-dealkylation sites (N-methyl/N-ethyl adjacent to an activating group) is 2. The van der Waals surface area contributed by atoms with E-state index < -0.39 is 18.0 Å². The average Bonchev–Trinajstić information content (AvgIpc) is 2.76. The zero-order chi connectivity index (χ0) is 13.0. The minimum Gasteiger partial charge on any atom is -0.480 e. The summed E-state index contributed by atoms with van der Waals surface area (Å²) in [5.74, 6) is -0.584. The van der Waals surface area contributed by atoms with Crippen molar-refractivity contribution in [2.45, 2.75) is 6.04 Å². The summed E-state index contributed by atoms with van der Waals surface area (Å²) < 4.78 is 0. The van der Waals surface area contributed by atoms with Crippen molar-refractivity contribution in [3.63, 3.8) is 0 Å². The fourth-order valence-corrected chi connectivity index (χ4v) is 2.56. The van der Waals surface area contributed by atoms with Crippen LogP contribution in [0.1, 0.15) is 0 Å². The quantitative estimate of drug-likeness (QED) is 0.697. The largest absolute Gasteiger partial charge is 0.480 e. The monoisotopic (exact) mass is 261 g/mol. The minimum atomic E-state index is -1.02. The van der Waals surface area contributed by atoms with E-state index in [1.54, 1.807) is 0 Å². The number of thioether (sulfide) groups is 1. The minimum absolute atomic E-state index is 0.0805.